The zero-order chi connectivity index (χ0) is 20.7. The normalized spacial score (nSPS) is 15.2. The van der Waals surface area contributed by atoms with Gasteiger partial charge in [0.2, 0.25) is 0 Å². The molecule has 0 bridgehead atoms. The van der Waals surface area contributed by atoms with Crippen LogP contribution in [0.2, 0.25) is 0 Å². The number of rotatable bonds is 4. The van der Waals surface area contributed by atoms with Gasteiger partial charge in [0, 0.05) is 33.6 Å². The number of aryl methyl sites for hydroxylation is 2. The fraction of sp³-hybridized carbons (Fsp3) is 0.200. The Balaban J connectivity index is 1.74. The van der Waals surface area contributed by atoms with Gasteiger partial charge in [0.25, 0.3) is 11.6 Å². The lowest BCUT2D eigenvalue weighted by atomic mass is 10.1. The minimum atomic E-state index is -1.06. The number of fused-ring (bicyclic) bond motifs is 1. The number of carbonyl (C=O) groups excluding carboxylic acids is 1. The maximum Gasteiger partial charge on any atom is 0.273 e. The van der Waals surface area contributed by atoms with Crippen LogP contribution in [-0.2, 0) is 22.3 Å². The molecule has 0 saturated heterocycles. The molecule has 0 spiro atoms. The average molecular weight is 410 g/mol. The van der Waals surface area contributed by atoms with E-state index in [0.29, 0.717) is 28.6 Å². The highest BCUT2D eigenvalue weighted by Crippen LogP contribution is 2.32. The summed E-state index contributed by atoms with van der Waals surface area (Å²) in [6.45, 7) is 3.59. The molecule has 1 N–H and O–H groups in total. The molecule has 2 heterocycles. The van der Waals surface area contributed by atoms with Crippen molar-refractivity contribution in [1.29, 1.82) is 0 Å². The van der Waals surface area contributed by atoms with Crippen LogP contribution in [0.1, 0.15) is 32.7 Å². The lowest BCUT2D eigenvalue weighted by Crippen LogP contribution is -2.17. The van der Waals surface area contributed by atoms with Crippen molar-refractivity contribution in [3.63, 3.8) is 0 Å². The van der Waals surface area contributed by atoms with E-state index in [1.807, 2.05) is 31.2 Å². The van der Waals surface area contributed by atoms with Gasteiger partial charge >= 0.3 is 0 Å². The van der Waals surface area contributed by atoms with Crippen molar-refractivity contribution in [1.82, 2.24) is 9.78 Å². The fourth-order valence-electron chi connectivity index (χ4n) is 3.26. The van der Waals surface area contributed by atoms with Gasteiger partial charge in [0.15, 0.2) is 0 Å². The third-order valence-corrected chi connectivity index (χ3v) is 6.05. The highest BCUT2D eigenvalue weighted by atomic mass is 32.2. The first-order chi connectivity index (χ1) is 13.8. The molecule has 0 fully saturated rings. The minimum Gasteiger partial charge on any atom is -0.306 e. The molecule has 4 rings (SSSR count). The van der Waals surface area contributed by atoms with Crippen LogP contribution >= 0.6 is 0 Å². The number of nitrogens with one attached hydrogen (secondary N) is 1. The van der Waals surface area contributed by atoms with Gasteiger partial charge < -0.3 is 5.32 Å². The number of hydrogen-bond acceptors (Lipinski definition) is 5. The van der Waals surface area contributed by atoms with Gasteiger partial charge in [-0.25, -0.2) is 4.68 Å². The molecule has 0 saturated carbocycles. The maximum absolute atomic E-state index is 12.9. The number of nitro benzene ring substituents is 1. The van der Waals surface area contributed by atoms with Crippen LogP contribution in [-0.4, -0.2) is 24.8 Å². The van der Waals surface area contributed by atoms with E-state index in [2.05, 4.69) is 10.4 Å². The molecular weight excluding hydrogens is 392 g/mol. The maximum atomic E-state index is 12.9. The summed E-state index contributed by atoms with van der Waals surface area (Å²) in [5.41, 5.74) is 3.82. The quantitative estimate of drug-likeness (QED) is 0.524. The molecule has 1 aliphatic rings. The van der Waals surface area contributed by atoms with Crippen LogP contribution in [0.3, 0.4) is 0 Å². The SMILES string of the molecule is Cc1ccc(-n2nc3c(c2NC(=O)c2ccc(C)c([N+](=O)[O-])c2)CS(=O)C3)cc1. The van der Waals surface area contributed by atoms with E-state index >= 15 is 0 Å². The van der Waals surface area contributed by atoms with Crippen LogP contribution < -0.4 is 5.32 Å². The predicted molar refractivity (Wildman–Crippen MR) is 110 cm³/mol. The molecule has 148 valence electrons. The summed E-state index contributed by atoms with van der Waals surface area (Å²) in [5.74, 6) is 0.613. The van der Waals surface area contributed by atoms with E-state index in [9.17, 15) is 19.1 Å². The van der Waals surface area contributed by atoms with Gasteiger partial charge in [-0.3, -0.25) is 19.1 Å². The lowest BCUT2D eigenvalue weighted by Gasteiger charge is -2.11. The summed E-state index contributed by atoms with van der Waals surface area (Å²) >= 11 is 0. The van der Waals surface area contributed by atoms with E-state index in [-0.39, 0.29) is 11.3 Å². The van der Waals surface area contributed by atoms with E-state index < -0.39 is 21.6 Å². The summed E-state index contributed by atoms with van der Waals surface area (Å²) in [5, 5.41) is 18.6. The van der Waals surface area contributed by atoms with Crippen LogP contribution in [0, 0.1) is 24.0 Å². The topological polar surface area (TPSA) is 107 Å². The van der Waals surface area contributed by atoms with Crippen molar-refractivity contribution in [2.75, 3.05) is 5.32 Å². The second-order valence-electron chi connectivity index (χ2n) is 6.96. The van der Waals surface area contributed by atoms with Crippen molar-refractivity contribution in [3.8, 4) is 5.69 Å². The van der Waals surface area contributed by atoms with Crippen LogP contribution in [0.25, 0.3) is 5.69 Å². The molecule has 8 nitrogen and oxygen atoms in total. The first-order valence-electron chi connectivity index (χ1n) is 8.92. The molecule has 29 heavy (non-hydrogen) atoms. The summed E-state index contributed by atoms with van der Waals surface area (Å²) in [6.07, 6.45) is 0. The lowest BCUT2D eigenvalue weighted by molar-refractivity contribution is -0.385. The van der Waals surface area contributed by atoms with Crippen molar-refractivity contribution in [2.45, 2.75) is 25.4 Å². The number of benzene rings is 2. The van der Waals surface area contributed by atoms with Crippen LogP contribution in [0.15, 0.2) is 42.5 Å². The van der Waals surface area contributed by atoms with Gasteiger partial charge in [-0.15, -0.1) is 0 Å². The molecule has 0 radical (unpaired) electrons. The summed E-state index contributed by atoms with van der Waals surface area (Å²) in [6, 6.07) is 12.0. The molecule has 3 aromatic rings. The Morgan fingerprint density at radius 3 is 2.59 bits per heavy atom. The molecule has 1 aromatic heterocycles. The van der Waals surface area contributed by atoms with E-state index in [4.69, 9.17) is 0 Å². The predicted octanol–water partition coefficient (Wildman–Crippen LogP) is 3.41. The number of anilines is 1. The zero-order valence-corrected chi connectivity index (χ0v) is 16.7. The first-order valence-corrected chi connectivity index (χ1v) is 10.4. The smallest absolute Gasteiger partial charge is 0.273 e. The standard InChI is InChI=1S/C20H18N4O4S/c1-12-3-7-15(8-4-12)23-19(16-10-29(28)11-17(16)22-23)21-20(25)14-6-5-13(2)18(9-14)24(26)27/h3-9H,10-11H2,1-2H3,(H,21,25). The Hall–Kier alpha value is -3.33. The Bertz CT molecular complexity index is 1170. The molecular formula is C20H18N4O4S. The molecule has 2 aromatic carbocycles. The van der Waals surface area contributed by atoms with E-state index in [0.717, 1.165) is 16.8 Å². The largest absolute Gasteiger partial charge is 0.306 e. The number of carbonyl (C=O) groups is 1. The second-order valence-corrected chi connectivity index (χ2v) is 8.42. The van der Waals surface area contributed by atoms with E-state index in [1.54, 1.807) is 23.7 Å². The average Bonchev–Trinajstić information content (AvgIpc) is 3.19. The number of amides is 1. The molecule has 9 heteroatoms. The monoisotopic (exact) mass is 410 g/mol. The molecule has 1 aliphatic heterocycles. The minimum absolute atomic E-state index is 0.115. The van der Waals surface area contributed by atoms with Gasteiger partial charge in [0.05, 0.1) is 27.8 Å². The van der Waals surface area contributed by atoms with Crippen molar-refractivity contribution in [2.24, 2.45) is 0 Å². The van der Waals surface area contributed by atoms with Gasteiger partial charge in [-0.05, 0) is 32.0 Å². The Morgan fingerprint density at radius 2 is 1.90 bits per heavy atom. The Kier molecular flexibility index (Phi) is 4.75. The Labute approximate surface area is 169 Å². The van der Waals surface area contributed by atoms with Gasteiger partial charge in [-0.2, -0.15) is 5.10 Å². The van der Waals surface area contributed by atoms with Crippen molar-refractivity contribution in [3.05, 3.63) is 80.5 Å². The fourth-order valence-corrected chi connectivity index (χ4v) is 4.52. The van der Waals surface area contributed by atoms with Gasteiger partial charge in [-0.1, -0.05) is 23.8 Å². The van der Waals surface area contributed by atoms with Crippen molar-refractivity contribution >= 4 is 28.2 Å². The number of nitrogens with zero attached hydrogens (tertiary/aromatic N) is 3. The highest BCUT2D eigenvalue weighted by molar-refractivity contribution is 7.83. The Morgan fingerprint density at radius 1 is 1.17 bits per heavy atom. The molecule has 1 atom stereocenters. The molecule has 0 aliphatic carbocycles. The number of hydrogen-bond donors (Lipinski definition) is 1. The van der Waals surface area contributed by atoms with Crippen molar-refractivity contribution < 1.29 is 13.9 Å². The zero-order valence-electron chi connectivity index (χ0n) is 15.8. The summed E-state index contributed by atoms with van der Waals surface area (Å²) in [4.78, 5) is 23.6. The van der Waals surface area contributed by atoms with Crippen LogP contribution in [0.4, 0.5) is 11.5 Å². The molecule has 1 amide bonds. The number of aromatic nitrogens is 2. The van der Waals surface area contributed by atoms with Gasteiger partial charge in [0.1, 0.15) is 5.82 Å². The summed E-state index contributed by atoms with van der Waals surface area (Å²) in [7, 11) is -1.06. The third kappa shape index (κ3) is 3.56. The first kappa shape index (κ1) is 19.0. The number of nitro groups is 1. The summed E-state index contributed by atoms with van der Waals surface area (Å²) < 4.78 is 13.6. The molecule has 1 unspecified atom stereocenters. The van der Waals surface area contributed by atoms with E-state index in [1.165, 1.54) is 6.07 Å². The third-order valence-electron chi connectivity index (χ3n) is 4.85. The second kappa shape index (κ2) is 7.25. The highest BCUT2D eigenvalue weighted by Gasteiger charge is 2.28. The van der Waals surface area contributed by atoms with Crippen LogP contribution in [0.5, 0.6) is 0 Å².